The van der Waals surface area contributed by atoms with Crippen molar-refractivity contribution in [1.82, 2.24) is 33.9 Å². The molecule has 1 fully saturated rings. The number of aromatic nitrogens is 5. The number of hydrogen-bond acceptors (Lipinski definition) is 8. The van der Waals surface area contributed by atoms with E-state index >= 15 is 0 Å². The number of aryl methyl sites for hydroxylation is 2. The standard InChI is InChI=1S/C25H25N7O3S/c1-17-14-18(2)32-24(27-17)21(15-26-32)25-28-23(29-35-25)16-30-10-12-31(13-11-30)36(33,34)22-9-5-7-19-6-3-4-8-20(19)22/h3-9,14-15H,10-13,16H2,1-2H3. The van der Waals surface area contributed by atoms with Crippen molar-refractivity contribution in [3.63, 3.8) is 0 Å². The number of rotatable bonds is 5. The molecule has 0 amide bonds. The molecule has 3 aromatic heterocycles. The van der Waals surface area contributed by atoms with E-state index in [0.29, 0.717) is 60.5 Å². The smallest absolute Gasteiger partial charge is 0.263 e. The summed E-state index contributed by atoms with van der Waals surface area (Å²) in [7, 11) is -3.60. The number of hydrogen-bond donors (Lipinski definition) is 0. The number of sulfonamides is 1. The third-order valence-corrected chi connectivity index (χ3v) is 8.50. The van der Waals surface area contributed by atoms with Crippen LogP contribution in [0.4, 0.5) is 0 Å². The average Bonchev–Trinajstić information content (AvgIpc) is 3.51. The molecule has 184 valence electrons. The highest BCUT2D eigenvalue weighted by molar-refractivity contribution is 7.89. The summed E-state index contributed by atoms with van der Waals surface area (Å²) in [5.41, 5.74) is 3.22. The van der Waals surface area contributed by atoms with Gasteiger partial charge < -0.3 is 4.52 Å². The van der Waals surface area contributed by atoms with Crippen LogP contribution in [0.1, 0.15) is 17.2 Å². The molecule has 1 saturated heterocycles. The Hall–Kier alpha value is -3.67. The number of benzene rings is 2. The largest absolute Gasteiger partial charge is 0.334 e. The second-order valence-corrected chi connectivity index (χ2v) is 10.9. The summed E-state index contributed by atoms with van der Waals surface area (Å²) in [6.45, 7) is 6.31. The summed E-state index contributed by atoms with van der Waals surface area (Å²) >= 11 is 0. The van der Waals surface area contributed by atoms with Gasteiger partial charge >= 0.3 is 0 Å². The monoisotopic (exact) mass is 503 g/mol. The minimum Gasteiger partial charge on any atom is -0.334 e. The van der Waals surface area contributed by atoms with Crippen molar-refractivity contribution in [2.24, 2.45) is 0 Å². The second-order valence-electron chi connectivity index (χ2n) is 9.01. The van der Waals surface area contributed by atoms with E-state index in [1.54, 1.807) is 27.2 Å². The predicted molar refractivity (Wildman–Crippen MR) is 134 cm³/mol. The van der Waals surface area contributed by atoms with Gasteiger partial charge in [-0.15, -0.1) is 0 Å². The van der Waals surface area contributed by atoms with Crippen LogP contribution in [0.5, 0.6) is 0 Å². The zero-order valence-electron chi connectivity index (χ0n) is 20.0. The molecule has 0 N–H and O–H groups in total. The fourth-order valence-corrected chi connectivity index (χ4v) is 6.37. The van der Waals surface area contributed by atoms with E-state index < -0.39 is 10.0 Å². The molecule has 10 nitrogen and oxygen atoms in total. The molecular weight excluding hydrogens is 478 g/mol. The summed E-state index contributed by atoms with van der Waals surface area (Å²) < 4.78 is 35.7. The first kappa shape index (κ1) is 22.8. The minimum atomic E-state index is -3.60. The Balaban J connectivity index is 1.16. The second kappa shape index (κ2) is 8.77. The molecule has 11 heteroatoms. The maximum Gasteiger partial charge on any atom is 0.263 e. The van der Waals surface area contributed by atoms with Gasteiger partial charge in [-0.1, -0.05) is 41.6 Å². The fourth-order valence-electron chi connectivity index (χ4n) is 4.74. The van der Waals surface area contributed by atoms with Crippen LogP contribution in [0, 0.1) is 13.8 Å². The highest BCUT2D eigenvalue weighted by atomic mass is 32.2. The number of piperazine rings is 1. The highest BCUT2D eigenvalue weighted by Gasteiger charge is 2.30. The van der Waals surface area contributed by atoms with E-state index in [4.69, 9.17) is 4.52 Å². The summed E-state index contributed by atoms with van der Waals surface area (Å²) in [5.74, 6) is 0.911. The van der Waals surface area contributed by atoms with Crippen molar-refractivity contribution in [2.45, 2.75) is 25.3 Å². The van der Waals surface area contributed by atoms with Gasteiger partial charge in [0.2, 0.25) is 10.0 Å². The third-order valence-electron chi connectivity index (χ3n) is 6.54. The Kier molecular flexibility index (Phi) is 5.55. The molecule has 0 atom stereocenters. The molecule has 5 aromatic rings. The molecule has 0 saturated carbocycles. The van der Waals surface area contributed by atoms with Gasteiger partial charge in [-0.05, 0) is 31.4 Å². The van der Waals surface area contributed by atoms with E-state index in [0.717, 1.165) is 22.2 Å². The van der Waals surface area contributed by atoms with E-state index in [2.05, 4.69) is 25.1 Å². The molecule has 36 heavy (non-hydrogen) atoms. The average molecular weight is 504 g/mol. The number of nitrogens with zero attached hydrogens (tertiary/aromatic N) is 7. The molecule has 6 rings (SSSR count). The Bertz CT molecular complexity index is 1680. The summed E-state index contributed by atoms with van der Waals surface area (Å²) in [6, 6.07) is 14.9. The molecule has 0 spiro atoms. The van der Waals surface area contributed by atoms with Crippen molar-refractivity contribution in [3.05, 3.63) is 71.9 Å². The van der Waals surface area contributed by atoms with E-state index in [1.165, 1.54) is 0 Å². The van der Waals surface area contributed by atoms with Gasteiger partial charge in [0, 0.05) is 43.0 Å². The van der Waals surface area contributed by atoms with Gasteiger partial charge in [-0.2, -0.15) is 14.4 Å². The zero-order valence-corrected chi connectivity index (χ0v) is 20.8. The molecule has 1 aliphatic heterocycles. The predicted octanol–water partition coefficient (Wildman–Crippen LogP) is 3.06. The van der Waals surface area contributed by atoms with E-state index in [-0.39, 0.29) is 0 Å². The lowest BCUT2D eigenvalue weighted by atomic mass is 10.1. The van der Waals surface area contributed by atoms with Crippen LogP contribution >= 0.6 is 0 Å². The minimum absolute atomic E-state index is 0.351. The molecule has 0 bridgehead atoms. The summed E-state index contributed by atoms with van der Waals surface area (Å²) in [6.07, 6.45) is 1.68. The zero-order chi connectivity index (χ0) is 24.9. The molecule has 4 heterocycles. The molecule has 0 aliphatic carbocycles. The fraction of sp³-hybridized carbons (Fsp3) is 0.280. The normalized spacial score (nSPS) is 15.7. The molecular formula is C25H25N7O3S. The Morgan fingerprint density at radius 3 is 2.58 bits per heavy atom. The van der Waals surface area contributed by atoms with Crippen molar-refractivity contribution in [3.8, 4) is 11.5 Å². The van der Waals surface area contributed by atoms with Crippen LogP contribution < -0.4 is 0 Å². The van der Waals surface area contributed by atoms with Crippen LogP contribution in [-0.4, -0.2) is 68.5 Å². The summed E-state index contributed by atoms with van der Waals surface area (Å²) in [5, 5.41) is 10.2. The van der Waals surface area contributed by atoms with Crippen LogP contribution in [0.15, 0.2) is 64.1 Å². The first-order valence-electron chi connectivity index (χ1n) is 11.8. The van der Waals surface area contributed by atoms with Gasteiger partial charge in [0.15, 0.2) is 11.5 Å². The van der Waals surface area contributed by atoms with Gasteiger partial charge in [0.05, 0.1) is 17.6 Å². The Morgan fingerprint density at radius 1 is 0.972 bits per heavy atom. The first-order chi connectivity index (χ1) is 17.4. The van der Waals surface area contributed by atoms with Crippen LogP contribution in [-0.2, 0) is 16.6 Å². The van der Waals surface area contributed by atoms with Crippen molar-refractivity contribution < 1.29 is 12.9 Å². The van der Waals surface area contributed by atoms with Crippen LogP contribution in [0.25, 0.3) is 27.9 Å². The third kappa shape index (κ3) is 3.94. The van der Waals surface area contributed by atoms with Crippen molar-refractivity contribution >= 4 is 26.4 Å². The molecule has 2 aromatic carbocycles. The van der Waals surface area contributed by atoms with Crippen LogP contribution in [0.3, 0.4) is 0 Å². The topological polar surface area (TPSA) is 110 Å². The Morgan fingerprint density at radius 2 is 1.75 bits per heavy atom. The molecule has 0 unspecified atom stereocenters. The lowest BCUT2D eigenvalue weighted by Crippen LogP contribution is -2.48. The van der Waals surface area contributed by atoms with Gasteiger partial charge in [0.25, 0.3) is 5.89 Å². The van der Waals surface area contributed by atoms with Crippen LogP contribution in [0.2, 0.25) is 0 Å². The number of fused-ring (bicyclic) bond motifs is 2. The summed E-state index contributed by atoms with van der Waals surface area (Å²) in [4.78, 5) is 11.6. The van der Waals surface area contributed by atoms with Gasteiger partial charge in [-0.25, -0.2) is 17.9 Å². The molecule has 1 aliphatic rings. The van der Waals surface area contributed by atoms with Crippen molar-refractivity contribution in [1.29, 1.82) is 0 Å². The van der Waals surface area contributed by atoms with E-state index in [1.807, 2.05) is 50.2 Å². The molecule has 0 radical (unpaired) electrons. The first-order valence-corrected chi connectivity index (χ1v) is 13.2. The van der Waals surface area contributed by atoms with Crippen molar-refractivity contribution in [2.75, 3.05) is 26.2 Å². The lowest BCUT2D eigenvalue weighted by molar-refractivity contribution is 0.176. The lowest BCUT2D eigenvalue weighted by Gasteiger charge is -2.33. The SMILES string of the molecule is Cc1cc(C)n2ncc(-c3nc(CN4CCN(S(=O)(=O)c5cccc6ccccc56)CC4)no3)c2n1. The van der Waals surface area contributed by atoms with Gasteiger partial charge in [0.1, 0.15) is 5.56 Å². The van der Waals surface area contributed by atoms with Gasteiger partial charge in [-0.3, -0.25) is 4.90 Å². The quantitative estimate of drug-likeness (QED) is 0.360. The Labute approximate surface area is 208 Å². The maximum absolute atomic E-state index is 13.4. The maximum atomic E-state index is 13.4. The van der Waals surface area contributed by atoms with E-state index in [9.17, 15) is 8.42 Å². The highest BCUT2D eigenvalue weighted by Crippen LogP contribution is 2.27.